The van der Waals surface area contributed by atoms with Crippen molar-refractivity contribution in [3.05, 3.63) is 59.5 Å². The quantitative estimate of drug-likeness (QED) is 0.626. The van der Waals surface area contributed by atoms with Gasteiger partial charge in [0.1, 0.15) is 0 Å². The van der Waals surface area contributed by atoms with Gasteiger partial charge in [0.2, 0.25) is 0 Å². The molecule has 1 aliphatic heterocycles. The van der Waals surface area contributed by atoms with E-state index in [0.717, 1.165) is 32.1 Å². The van der Waals surface area contributed by atoms with E-state index in [0.29, 0.717) is 18.8 Å². The van der Waals surface area contributed by atoms with Gasteiger partial charge in [0, 0.05) is 38.1 Å². The molecular weight excluding hydrogens is 364 g/mol. The van der Waals surface area contributed by atoms with Crippen molar-refractivity contribution < 1.29 is 9.21 Å². The molecule has 0 unspecified atom stereocenters. The molecule has 4 rings (SSSR count). The Kier molecular flexibility index (Phi) is 5.60. The van der Waals surface area contributed by atoms with Gasteiger partial charge in [0.05, 0.1) is 12.8 Å². The van der Waals surface area contributed by atoms with Crippen molar-refractivity contribution in [1.29, 1.82) is 0 Å². The van der Waals surface area contributed by atoms with Crippen LogP contribution in [0.3, 0.4) is 0 Å². The van der Waals surface area contributed by atoms with E-state index in [1.165, 1.54) is 24.0 Å². The van der Waals surface area contributed by atoms with Crippen LogP contribution in [0.2, 0.25) is 0 Å². The third kappa shape index (κ3) is 4.16. The van der Waals surface area contributed by atoms with Crippen molar-refractivity contribution in [1.82, 2.24) is 15.1 Å². The molecule has 0 atom stereocenters. The largest absolute Gasteiger partial charge is 0.459 e. The Labute approximate surface area is 172 Å². The van der Waals surface area contributed by atoms with Gasteiger partial charge >= 0.3 is 0 Å². The summed E-state index contributed by atoms with van der Waals surface area (Å²) in [5.41, 5.74) is 2.99. The van der Waals surface area contributed by atoms with Crippen LogP contribution in [0.4, 0.5) is 0 Å². The van der Waals surface area contributed by atoms with E-state index in [1.54, 1.807) is 18.4 Å². The van der Waals surface area contributed by atoms with Crippen LogP contribution in [0.5, 0.6) is 0 Å². The lowest BCUT2D eigenvalue weighted by molar-refractivity contribution is 0.0657. The molecule has 1 aromatic heterocycles. The molecule has 2 fully saturated rings. The van der Waals surface area contributed by atoms with Crippen molar-refractivity contribution in [3.8, 4) is 0 Å². The first-order valence-corrected chi connectivity index (χ1v) is 10.5. The minimum absolute atomic E-state index is 0.0342. The van der Waals surface area contributed by atoms with Crippen molar-refractivity contribution >= 4 is 11.9 Å². The number of hydrogen-bond donors (Lipinski definition) is 1. The van der Waals surface area contributed by atoms with Crippen LogP contribution in [0.25, 0.3) is 0 Å². The van der Waals surface area contributed by atoms with E-state index in [4.69, 9.17) is 9.41 Å². The molecule has 1 N–H and O–H groups in total. The van der Waals surface area contributed by atoms with Crippen LogP contribution in [0.15, 0.2) is 52.1 Å². The van der Waals surface area contributed by atoms with E-state index >= 15 is 0 Å². The van der Waals surface area contributed by atoms with Gasteiger partial charge in [-0.15, -0.1) is 0 Å². The Balaban J connectivity index is 1.41. The van der Waals surface area contributed by atoms with E-state index < -0.39 is 0 Å². The van der Waals surface area contributed by atoms with Gasteiger partial charge in [0.25, 0.3) is 5.91 Å². The van der Waals surface area contributed by atoms with Gasteiger partial charge in [-0.3, -0.25) is 9.79 Å². The predicted molar refractivity (Wildman–Crippen MR) is 114 cm³/mol. The number of guanidine groups is 1. The van der Waals surface area contributed by atoms with Crippen molar-refractivity contribution in [2.24, 2.45) is 4.99 Å². The van der Waals surface area contributed by atoms with E-state index in [2.05, 4.69) is 48.3 Å². The molecule has 1 aromatic carbocycles. The molecule has 1 saturated carbocycles. The van der Waals surface area contributed by atoms with Gasteiger partial charge in [-0.05, 0) is 49.9 Å². The number of carbonyl (C=O) groups is 1. The summed E-state index contributed by atoms with van der Waals surface area (Å²) in [4.78, 5) is 21.6. The van der Waals surface area contributed by atoms with E-state index in [-0.39, 0.29) is 11.3 Å². The molecule has 6 heteroatoms. The number of nitrogens with one attached hydrogen (secondary N) is 1. The highest BCUT2D eigenvalue weighted by molar-refractivity contribution is 5.91. The molecule has 6 nitrogen and oxygen atoms in total. The lowest BCUT2D eigenvalue weighted by Gasteiger charge is -2.36. The molecular formula is C23H30N4O2. The van der Waals surface area contributed by atoms with Crippen LogP contribution in [0, 0.1) is 6.92 Å². The summed E-state index contributed by atoms with van der Waals surface area (Å²) in [5.74, 6) is 1.33. The number of hydrogen-bond acceptors (Lipinski definition) is 3. The molecule has 0 spiro atoms. The molecule has 0 radical (unpaired) electrons. The highest BCUT2D eigenvalue weighted by atomic mass is 16.3. The first-order valence-electron chi connectivity index (χ1n) is 10.5. The maximum atomic E-state index is 12.5. The zero-order valence-corrected chi connectivity index (χ0v) is 17.4. The van der Waals surface area contributed by atoms with Crippen LogP contribution in [-0.2, 0) is 5.41 Å². The highest BCUT2D eigenvalue weighted by Gasteiger charge is 2.45. The molecule has 0 bridgehead atoms. The zero-order valence-electron chi connectivity index (χ0n) is 17.4. The number of benzene rings is 1. The highest BCUT2D eigenvalue weighted by Crippen LogP contribution is 2.49. The second kappa shape index (κ2) is 8.31. The fourth-order valence-electron chi connectivity index (χ4n) is 4.16. The molecule has 1 amide bonds. The minimum atomic E-state index is -0.0342. The Bertz CT molecular complexity index is 863. The number of amides is 1. The van der Waals surface area contributed by atoms with Crippen molar-refractivity contribution in [2.45, 2.75) is 32.1 Å². The number of aliphatic imine (C=N–C) groups is 1. The molecule has 2 aliphatic rings. The smallest absolute Gasteiger partial charge is 0.289 e. The first-order chi connectivity index (χ1) is 14.1. The number of piperazine rings is 1. The molecule has 154 valence electrons. The van der Waals surface area contributed by atoms with E-state index in [1.807, 2.05) is 4.90 Å². The normalized spacial score (nSPS) is 18.6. The number of carbonyl (C=O) groups excluding carboxylic acids is 1. The topological polar surface area (TPSA) is 61.1 Å². The molecule has 2 aromatic rings. The fourth-order valence-corrected chi connectivity index (χ4v) is 4.16. The standard InChI is InChI=1S/C23H30N4O2/c1-3-24-22(25-17-23(10-11-23)19-8-5-4-7-18(19)2)27-14-12-26(13-15-27)21(28)20-9-6-16-29-20/h4-9,16H,3,10-15,17H2,1-2H3,(H,24,25). The van der Waals surface area contributed by atoms with Gasteiger partial charge in [-0.25, -0.2) is 0 Å². The lowest BCUT2D eigenvalue weighted by Crippen LogP contribution is -2.53. The Hall–Kier alpha value is -2.76. The summed E-state index contributed by atoms with van der Waals surface area (Å²) in [7, 11) is 0. The number of nitrogens with zero attached hydrogens (tertiary/aromatic N) is 3. The predicted octanol–water partition coefficient (Wildman–Crippen LogP) is 3.04. The molecule has 2 heterocycles. The molecule has 29 heavy (non-hydrogen) atoms. The second-order valence-corrected chi connectivity index (χ2v) is 8.02. The number of rotatable bonds is 5. The van der Waals surface area contributed by atoms with Crippen LogP contribution < -0.4 is 5.32 Å². The summed E-state index contributed by atoms with van der Waals surface area (Å²) in [6.45, 7) is 8.83. The monoisotopic (exact) mass is 394 g/mol. The van der Waals surface area contributed by atoms with Gasteiger partial charge < -0.3 is 19.5 Å². The van der Waals surface area contributed by atoms with Crippen molar-refractivity contribution in [3.63, 3.8) is 0 Å². The average Bonchev–Trinajstić information content (AvgIpc) is 3.32. The SMILES string of the molecule is CCNC(=NCC1(c2ccccc2C)CC1)N1CCN(C(=O)c2ccco2)CC1. The Morgan fingerprint density at radius 2 is 1.83 bits per heavy atom. The average molecular weight is 395 g/mol. The summed E-state index contributed by atoms with van der Waals surface area (Å²) in [6.07, 6.45) is 3.94. The Morgan fingerprint density at radius 3 is 2.45 bits per heavy atom. The second-order valence-electron chi connectivity index (χ2n) is 8.02. The minimum Gasteiger partial charge on any atom is -0.459 e. The summed E-state index contributed by atoms with van der Waals surface area (Å²) < 4.78 is 5.26. The van der Waals surface area contributed by atoms with Crippen molar-refractivity contribution in [2.75, 3.05) is 39.3 Å². The summed E-state index contributed by atoms with van der Waals surface area (Å²) in [6, 6.07) is 12.2. The third-order valence-electron chi connectivity index (χ3n) is 6.03. The van der Waals surface area contributed by atoms with Gasteiger partial charge in [0.15, 0.2) is 11.7 Å². The third-order valence-corrected chi connectivity index (χ3v) is 6.03. The maximum Gasteiger partial charge on any atom is 0.289 e. The first kappa shape index (κ1) is 19.6. The van der Waals surface area contributed by atoms with Gasteiger partial charge in [-0.2, -0.15) is 0 Å². The van der Waals surface area contributed by atoms with E-state index in [9.17, 15) is 4.79 Å². The Morgan fingerprint density at radius 1 is 1.10 bits per heavy atom. The van der Waals surface area contributed by atoms with Crippen LogP contribution >= 0.6 is 0 Å². The molecule has 1 aliphatic carbocycles. The van der Waals surface area contributed by atoms with Crippen LogP contribution in [-0.4, -0.2) is 60.9 Å². The zero-order chi connectivity index (χ0) is 20.3. The maximum absolute atomic E-state index is 12.5. The number of furan rings is 1. The van der Waals surface area contributed by atoms with Crippen LogP contribution in [0.1, 0.15) is 41.4 Å². The number of aryl methyl sites for hydroxylation is 1. The summed E-state index contributed by atoms with van der Waals surface area (Å²) in [5, 5.41) is 3.44. The summed E-state index contributed by atoms with van der Waals surface area (Å²) >= 11 is 0. The van der Waals surface area contributed by atoms with Gasteiger partial charge in [-0.1, -0.05) is 24.3 Å². The fraction of sp³-hybridized carbons (Fsp3) is 0.478. The molecule has 1 saturated heterocycles. The lowest BCUT2D eigenvalue weighted by atomic mass is 9.92.